The van der Waals surface area contributed by atoms with Crippen LogP contribution in [-0.2, 0) is 17.6 Å². The first-order valence-corrected chi connectivity index (χ1v) is 7.54. The van der Waals surface area contributed by atoms with Crippen LogP contribution in [0.25, 0.3) is 0 Å². The van der Waals surface area contributed by atoms with Gasteiger partial charge in [0.2, 0.25) is 5.91 Å². The Morgan fingerprint density at radius 2 is 2.32 bits per heavy atom. The quantitative estimate of drug-likeness (QED) is 0.898. The van der Waals surface area contributed by atoms with E-state index in [0.717, 1.165) is 22.1 Å². The van der Waals surface area contributed by atoms with Crippen LogP contribution >= 0.6 is 27.3 Å². The summed E-state index contributed by atoms with van der Waals surface area (Å²) in [6.45, 7) is 2.05. The first-order chi connectivity index (χ1) is 9.08. The van der Waals surface area contributed by atoms with Gasteiger partial charge in [-0.2, -0.15) is 0 Å². The number of aromatic nitrogens is 1. The van der Waals surface area contributed by atoms with Gasteiger partial charge < -0.3 is 11.1 Å². The Hall–Kier alpha value is -1.40. The predicted octanol–water partition coefficient (Wildman–Crippen LogP) is 3.23. The Morgan fingerprint density at radius 3 is 2.95 bits per heavy atom. The molecule has 0 saturated heterocycles. The van der Waals surface area contributed by atoms with Crippen molar-refractivity contribution in [3.8, 4) is 0 Å². The maximum absolute atomic E-state index is 11.9. The summed E-state index contributed by atoms with van der Waals surface area (Å²) in [5, 5.41) is 5.20. The number of anilines is 2. The summed E-state index contributed by atoms with van der Waals surface area (Å²) in [5.41, 5.74) is 8.19. The highest BCUT2D eigenvalue weighted by Crippen LogP contribution is 2.22. The van der Waals surface area contributed by atoms with Crippen LogP contribution < -0.4 is 11.1 Å². The second-order valence-electron chi connectivity index (χ2n) is 4.06. The molecule has 0 spiro atoms. The monoisotopic (exact) mass is 339 g/mol. The highest BCUT2D eigenvalue weighted by Gasteiger charge is 2.09. The maximum atomic E-state index is 11.9. The number of aryl methyl sites for hydroxylation is 1. The zero-order valence-electron chi connectivity index (χ0n) is 10.4. The smallest absolute Gasteiger partial charge is 0.230 e. The van der Waals surface area contributed by atoms with Crippen LogP contribution in [0.2, 0.25) is 0 Å². The molecule has 19 heavy (non-hydrogen) atoms. The summed E-state index contributed by atoms with van der Waals surface area (Å²) in [7, 11) is 0. The lowest BCUT2D eigenvalue weighted by atomic mass is 10.1. The van der Waals surface area contributed by atoms with Crippen LogP contribution in [0.1, 0.15) is 18.2 Å². The average molecular weight is 340 g/mol. The number of hydrogen-bond acceptors (Lipinski definition) is 4. The number of nitrogens with zero attached hydrogens (tertiary/aromatic N) is 1. The molecule has 0 aliphatic carbocycles. The first kappa shape index (κ1) is 14.0. The molecule has 1 amide bonds. The molecule has 6 heteroatoms. The van der Waals surface area contributed by atoms with Gasteiger partial charge in [-0.3, -0.25) is 4.79 Å². The fourth-order valence-corrected chi connectivity index (χ4v) is 2.71. The highest BCUT2D eigenvalue weighted by atomic mass is 79.9. The first-order valence-electron chi connectivity index (χ1n) is 5.86. The number of rotatable bonds is 4. The molecule has 0 atom stereocenters. The van der Waals surface area contributed by atoms with Gasteiger partial charge in [0.15, 0.2) is 5.13 Å². The van der Waals surface area contributed by atoms with Crippen LogP contribution in [0.5, 0.6) is 0 Å². The standard InChI is InChI=1S/C13H14BrN3OS/c1-2-8-5-9(14)3-4-11(8)17-12(18)6-10-7-19-13(15)16-10/h3-5,7H,2,6H2,1H3,(H2,15,16)(H,17,18). The molecule has 0 bridgehead atoms. The second-order valence-corrected chi connectivity index (χ2v) is 5.86. The summed E-state index contributed by atoms with van der Waals surface area (Å²) >= 11 is 4.77. The van der Waals surface area contributed by atoms with E-state index in [2.05, 4.69) is 33.2 Å². The molecule has 2 rings (SSSR count). The lowest BCUT2D eigenvalue weighted by Crippen LogP contribution is -2.15. The summed E-state index contributed by atoms with van der Waals surface area (Å²) < 4.78 is 1.01. The number of amides is 1. The maximum Gasteiger partial charge on any atom is 0.230 e. The fraction of sp³-hybridized carbons (Fsp3) is 0.231. The molecule has 1 aromatic heterocycles. The van der Waals surface area contributed by atoms with Crippen molar-refractivity contribution in [2.24, 2.45) is 0 Å². The number of nitrogen functional groups attached to an aromatic ring is 1. The minimum Gasteiger partial charge on any atom is -0.375 e. The SMILES string of the molecule is CCc1cc(Br)ccc1NC(=O)Cc1csc(N)n1. The van der Waals surface area contributed by atoms with Gasteiger partial charge in [0.1, 0.15) is 0 Å². The van der Waals surface area contributed by atoms with Crippen LogP contribution in [0.15, 0.2) is 28.1 Å². The Labute approximate surface area is 124 Å². The van der Waals surface area contributed by atoms with E-state index in [1.165, 1.54) is 11.3 Å². The molecule has 1 aromatic carbocycles. The van der Waals surface area contributed by atoms with Gasteiger partial charge >= 0.3 is 0 Å². The third-order valence-corrected chi connectivity index (χ3v) is 3.85. The molecule has 3 N–H and O–H groups in total. The van der Waals surface area contributed by atoms with Crippen molar-refractivity contribution in [2.75, 3.05) is 11.1 Å². The number of carbonyl (C=O) groups is 1. The normalized spacial score (nSPS) is 10.4. The summed E-state index contributed by atoms with van der Waals surface area (Å²) in [6, 6.07) is 5.82. The lowest BCUT2D eigenvalue weighted by molar-refractivity contribution is -0.115. The Balaban J connectivity index is 2.06. The van der Waals surface area contributed by atoms with Crippen molar-refractivity contribution in [3.05, 3.63) is 39.3 Å². The second kappa shape index (κ2) is 6.16. The molecule has 0 aliphatic heterocycles. The van der Waals surface area contributed by atoms with E-state index in [-0.39, 0.29) is 12.3 Å². The summed E-state index contributed by atoms with van der Waals surface area (Å²) in [6.07, 6.45) is 1.10. The topological polar surface area (TPSA) is 68.0 Å². The highest BCUT2D eigenvalue weighted by molar-refractivity contribution is 9.10. The molecule has 100 valence electrons. The van der Waals surface area contributed by atoms with Crippen molar-refractivity contribution >= 4 is 44.0 Å². The minimum atomic E-state index is -0.0812. The number of hydrogen-bond donors (Lipinski definition) is 2. The van der Waals surface area contributed by atoms with E-state index >= 15 is 0 Å². The van der Waals surface area contributed by atoms with E-state index in [1.807, 2.05) is 18.2 Å². The van der Waals surface area contributed by atoms with Crippen molar-refractivity contribution in [3.63, 3.8) is 0 Å². The van der Waals surface area contributed by atoms with Gasteiger partial charge in [-0.25, -0.2) is 4.98 Å². The molecule has 0 fully saturated rings. The zero-order valence-corrected chi connectivity index (χ0v) is 12.8. The fourth-order valence-electron chi connectivity index (χ4n) is 1.74. The van der Waals surface area contributed by atoms with Gasteiger partial charge in [-0.1, -0.05) is 22.9 Å². The lowest BCUT2D eigenvalue weighted by Gasteiger charge is -2.09. The molecule has 0 saturated carbocycles. The molecular formula is C13H14BrN3OS. The van der Waals surface area contributed by atoms with Crippen molar-refractivity contribution in [2.45, 2.75) is 19.8 Å². The Kier molecular flexibility index (Phi) is 4.55. The van der Waals surface area contributed by atoms with Gasteiger partial charge in [-0.05, 0) is 30.2 Å². The van der Waals surface area contributed by atoms with Gasteiger partial charge in [-0.15, -0.1) is 11.3 Å². The Morgan fingerprint density at radius 1 is 1.53 bits per heavy atom. The predicted molar refractivity (Wildman–Crippen MR) is 82.4 cm³/mol. The molecule has 0 aliphatic rings. The van der Waals surface area contributed by atoms with Crippen LogP contribution in [0, 0.1) is 0 Å². The van der Waals surface area contributed by atoms with Crippen molar-refractivity contribution in [1.29, 1.82) is 0 Å². The number of carbonyl (C=O) groups excluding carboxylic acids is 1. The largest absolute Gasteiger partial charge is 0.375 e. The van der Waals surface area contributed by atoms with E-state index in [9.17, 15) is 4.79 Å². The van der Waals surface area contributed by atoms with Crippen molar-refractivity contribution < 1.29 is 4.79 Å². The Bertz CT molecular complexity index is 597. The minimum absolute atomic E-state index is 0.0812. The van der Waals surface area contributed by atoms with Gasteiger partial charge in [0.05, 0.1) is 12.1 Å². The van der Waals surface area contributed by atoms with Crippen LogP contribution in [0.3, 0.4) is 0 Å². The van der Waals surface area contributed by atoms with Gasteiger partial charge in [0.25, 0.3) is 0 Å². The number of nitrogens with two attached hydrogens (primary N) is 1. The molecule has 4 nitrogen and oxygen atoms in total. The zero-order chi connectivity index (χ0) is 13.8. The van der Waals surface area contributed by atoms with E-state index in [1.54, 1.807) is 5.38 Å². The molecule has 0 radical (unpaired) electrons. The third kappa shape index (κ3) is 3.78. The van der Waals surface area contributed by atoms with Crippen molar-refractivity contribution in [1.82, 2.24) is 4.98 Å². The third-order valence-electron chi connectivity index (χ3n) is 2.63. The summed E-state index contributed by atoms with van der Waals surface area (Å²) in [4.78, 5) is 16.0. The van der Waals surface area contributed by atoms with Crippen LogP contribution in [-0.4, -0.2) is 10.9 Å². The summed E-state index contributed by atoms with van der Waals surface area (Å²) in [5.74, 6) is -0.0812. The molecule has 0 unspecified atom stereocenters. The number of halogens is 1. The van der Waals surface area contributed by atoms with E-state index in [0.29, 0.717) is 10.8 Å². The molecular weight excluding hydrogens is 326 g/mol. The average Bonchev–Trinajstić information content (AvgIpc) is 2.76. The number of nitrogens with one attached hydrogen (secondary N) is 1. The molecule has 2 aromatic rings. The van der Waals surface area contributed by atoms with E-state index in [4.69, 9.17) is 5.73 Å². The molecule has 1 heterocycles. The van der Waals surface area contributed by atoms with Crippen LogP contribution in [0.4, 0.5) is 10.8 Å². The number of thiazole rings is 1. The van der Waals surface area contributed by atoms with E-state index < -0.39 is 0 Å². The van der Waals surface area contributed by atoms with Gasteiger partial charge in [0, 0.05) is 15.5 Å². The number of benzene rings is 1.